The molecule has 1 N–H and O–H groups in total. The fraction of sp³-hybridized carbons (Fsp3) is 0.250. The Morgan fingerprint density at radius 1 is 1.21 bits per heavy atom. The van der Waals surface area contributed by atoms with Gasteiger partial charge in [0.15, 0.2) is 5.78 Å². The van der Waals surface area contributed by atoms with Crippen molar-refractivity contribution in [2.45, 2.75) is 25.2 Å². The number of allylic oxidation sites excluding steroid dienone is 2. The standard InChI is InChI=1S/C24H20N4O/c1-15-20-10-9-19-21(16-6-5-11-26-14-16)27-28-23(19)24(20,12-17(13-25)22(15)29)18-7-3-2-4-8-18/h2-8,11-12,14-15,20H,9-10H2,1H3,(H,27,28)/t15-,20?,24+/m0/s1. The number of nitriles is 1. The lowest BCUT2D eigenvalue weighted by atomic mass is 9.54. The largest absolute Gasteiger partial charge is 0.293 e. The topological polar surface area (TPSA) is 82.4 Å². The van der Waals surface area contributed by atoms with Crippen LogP contribution in [0.15, 0.2) is 66.5 Å². The van der Waals surface area contributed by atoms with Gasteiger partial charge in [-0.25, -0.2) is 0 Å². The molecule has 0 amide bonds. The minimum atomic E-state index is -0.569. The zero-order valence-corrected chi connectivity index (χ0v) is 16.1. The van der Waals surface area contributed by atoms with Crippen molar-refractivity contribution in [3.63, 3.8) is 0 Å². The van der Waals surface area contributed by atoms with Gasteiger partial charge >= 0.3 is 0 Å². The molecule has 1 unspecified atom stereocenters. The minimum absolute atomic E-state index is 0.0560. The highest BCUT2D eigenvalue weighted by atomic mass is 16.1. The van der Waals surface area contributed by atoms with E-state index in [0.29, 0.717) is 0 Å². The second kappa shape index (κ2) is 6.52. The van der Waals surface area contributed by atoms with Crippen molar-refractivity contribution in [3.05, 3.63) is 83.3 Å². The van der Waals surface area contributed by atoms with E-state index < -0.39 is 5.41 Å². The zero-order chi connectivity index (χ0) is 20.0. The van der Waals surface area contributed by atoms with Gasteiger partial charge in [-0.05, 0) is 42.5 Å². The first-order valence-corrected chi connectivity index (χ1v) is 9.87. The lowest BCUT2D eigenvalue weighted by molar-refractivity contribution is -0.121. The summed E-state index contributed by atoms with van der Waals surface area (Å²) in [5.41, 5.74) is 4.76. The van der Waals surface area contributed by atoms with Crippen molar-refractivity contribution in [2.75, 3.05) is 0 Å². The second-order valence-corrected chi connectivity index (χ2v) is 7.87. The van der Waals surface area contributed by atoms with E-state index in [1.54, 1.807) is 6.20 Å². The molecule has 5 nitrogen and oxygen atoms in total. The van der Waals surface area contributed by atoms with Crippen LogP contribution in [0.2, 0.25) is 0 Å². The minimum Gasteiger partial charge on any atom is -0.293 e. The van der Waals surface area contributed by atoms with Gasteiger partial charge in [-0.3, -0.25) is 14.9 Å². The molecular weight excluding hydrogens is 360 g/mol. The number of nitrogens with one attached hydrogen (secondary N) is 1. The van der Waals surface area contributed by atoms with Crippen LogP contribution in [0.5, 0.6) is 0 Å². The van der Waals surface area contributed by atoms with Gasteiger partial charge in [0.1, 0.15) is 6.07 Å². The third-order valence-corrected chi connectivity index (χ3v) is 6.53. The molecule has 0 saturated carbocycles. The van der Waals surface area contributed by atoms with E-state index in [2.05, 4.69) is 33.4 Å². The number of nitrogens with zero attached hydrogens (tertiary/aromatic N) is 3. The number of aromatic amines is 1. The number of pyridine rings is 1. The number of carbonyl (C=O) groups excluding carboxylic acids is 1. The van der Waals surface area contributed by atoms with Crippen molar-refractivity contribution in [3.8, 4) is 17.3 Å². The molecule has 2 heterocycles. The van der Waals surface area contributed by atoms with Gasteiger partial charge in [-0.15, -0.1) is 0 Å². The monoisotopic (exact) mass is 380 g/mol. The predicted molar refractivity (Wildman–Crippen MR) is 109 cm³/mol. The lowest BCUT2D eigenvalue weighted by Crippen LogP contribution is -2.48. The summed E-state index contributed by atoms with van der Waals surface area (Å²) in [7, 11) is 0. The number of aromatic nitrogens is 3. The average Bonchev–Trinajstić information content (AvgIpc) is 3.22. The third kappa shape index (κ3) is 2.42. The SMILES string of the molecule is C[C@@H]1C(=O)C(C#N)=C[C@]2(c3ccccc3)c3[nH]nc(-c4cccnc4)c3CCC12. The van der Waals surface area contributed by atoms with Gasteiger partial charge in [-0.1, -0.05) is 37.3 Å². The first kappa shape index (κ1) is 17.6. The maximum Gasteiger partial charge on any atom is 0.176 e. The van der Waals surface area contributed by atoms with E-state index >= 15 is 0 Å². The van der Waals surface area contributed by atoms with E-state index in [0.717, 1.165) is 40.9 Å². The fourth-order valence-electron chi connectivity index (χ4n) is 5.20. The molecule has 142 valence electrons. The lowest BCUT2D eigenvalue weighted by Gasteiger charge is -2.47. The molecule has 3 atom stereocenters. The molecule has 2 aliphatic rings. The van der Waals surface area contributed by atoms with Gasteiger partial charge < -0.3 is 0 Å². The van der Waals surface area contributed by atoms with Crippen LogP contribution in [0.25, 0.3) is 11.3 Å². The van der Waals surface area contributed by atoms with Crippen LogP contribution in [-0.2, 0) is 16.6 Å². The Morgan fingerprint density at radius 2 is 2.03 bits per heavy atom. The molecule has 1 aromatic carbocycles. The van der Waals surface area contributed by atoms with Crippen LogP contribution in [0.1, 0.15) is 30.2 Å². The molecule has 2 aromatic heterocycles. The average molecular weight is 380 g/mol. The Balaban J connectivity index is 1.82. The maximum absolute atomic E-state index is 12.8. The summed E-state index contributed by atoms with van der Waals surface area (Å²) in [5.74, 6) is -0.211. The number of hydrogen-bond acceptors (Lipinski definition) is 4. The molecule has 0 bridgehead atoms. The normalized spacial score (nSPS) is 25.5. The summed E-state index contributed by atoms with van der Waals surface area (Å²) in [6.45, 7) is 1.96. The Kier molecular flexibility index (Phi) is 3.95. The Hall–Kier alpha value is -3.52. The van der Waals surface area contributed by atoms with E-state index in [1.165, 1.54) is 0 Å². The number of hydrogen-bond donors (Lipinski definition) is 1. The van der Waals surface area contributed by atoms with Crippen LogP contribution in [0, 0.1) is 23.2 Å². The number of Topliss-reactive ketones (excluding diaryl/α,β-unsaturated/α-hetero) is 1. The van der Waals surface area contributed by atoms with E-state index in [1.807, 2.05) is 49.5 Å². The Bertz CT molecular complexity index is 1160. The van der Waals surface area contributed by atoms with Crippen molar-refractivity contribution in [2.24, 2.45) is 11.8 Å². The molecule has 0 spiro atoms. The van der Waals surface area contributed by atoms with Crippen molar-refractivity contribution in [1.82, 2.24) is 15.2 Å². The summed E-state index contributed by atoms with van der Waals surface area (Å²) in [6, 6.07) is 16.2. The summed E-state index contributed by atoms with van der Waals surface area (Å²) >= 11 is 0. The van der Waals surface area contributed by atoms with E-state index in [4.69, 9.17) is 0 Å². The molecule has 3 aromatic rings. The number of benzene rings is 1. The van der Waals surface area contributed by atoms with Gasteiger partial charge in [-0.2, -0.15) is 10.4 Å². The molecular formula is C24H20N4O. The number of rotatable bonds is 2. The number of carbonyl (C=O) groups is 1. The van der Waals surface area contributed by atoms with Crippen LogP contribution >= 0.6 is 0 Å². The summed E-state index contributed by atoms with van der Waals surface area (Å²) in [6.07, 6.45) is 7.15. The van der Waals surface area contributed by atoms with Crippen LogP contribution < -0.4 is 0 Å². The molecule has 0 saturated heterocycles. The highest BCUT2D eigenvalue weighted by molar-refractivity contribution is 6.02. The fourth-order valence-corrected chi connectivity index (χ4v) is 5.20. The van der Waals surface area contributed by atoms with Crippen molar-refractivity contribution >= 4 is 5.78 Å². The highest BCUT2D eigenvalue weighted by Crippen LogP contribution is 2.54. The molecule has 0 radical (unpaired) electrons. The molecule has 0 fully saturated rings. The van der Waals surface area contributed by atoms with E-state index in [9.17, 15) is 10.1 Å². The van der Waals surface area contributed by atoms with Gasteiger partial charge in [0, 0.05) is 29.4 Å². The number of fused-ring (bicyclic) bond motifs is 3. The summed E-state index contributed by atoms with van der Waals surface area (Å²) in [5, 5.41) is 17.7. The summed E-state index contributed by atoms with van der Waals surface area (Å²) < 4.78 is 0. The second-order valence-electron chi connectivity index (χ2n) is 7.87. The van der Waals surface area contributed by atoms with Gasteiger partial charge in [0.2, 0.25) is 0 Å². The first-order valence-electron chi connectivity index (χ1n) is 9.87. The zero-order valence-electron chi connectivity index (χ0n) is 16.1. The maximum atomic E-state index is 12.8. The van der Waals surface area contributed by atoms with Crippen LogP contribution in [0.3, 0.4) is 0 Å². The summed E-state index contributed by atoms with van der Waals surface area (Å²) in [4.78, 5) is 17.0. The molecule has 5 heteroatoms. The number of ketones is 1. The first-order chi connectivity index (χ1) is 14.2. The molecule has 29 heavy (non-hydrogen) atoms. The van der Waals surface area contributed by atoms with E-state index in [-0.39, 0.29) is 23.2 Å². The number of H-pyrrole nitrogens is 1. The smallest absolute Gasteiger partial charge is 0.176 e. The highest BCUT2D eigenvalue weighted by Gasteiger charge is 2.53. The molecule has 0 aliphatic heterocycles. The van der Waals surface area contributed by atoms with Crippen molar-refractivity contribution in [1.29, 1.82) is 5.26 Å². The van der Waals surface area contributed by atoms with Gasteiger partial charge in [0.25, 0.3) is 0 Å². The van der Waals surface area contributed by atoms with Crippen LogP contribution in [0.4, 0.5) is 0 Å². The molecule has 2 aliphatic carbocycles. The predicted octanol–water partition coefficient (Wildman–Crippen LogP) is 3.99. The molecule has 5 rings (SSSR count). The third-order valence-electron chi connectivity index (χ3n) is 6.53. The Labute approximate surface area is 169 Å². The Morgan fingerprint density at radius 3 is 2.76 bits per heavy atom. The quantitative estimate of drug-likeness (QED) is 0.729. The van der Waals surface area contributed by atoms with Gasteiger partial charge in [0.05, 0.1) is 22.4 Å². The van der Waals surface area contributed by atoms with Crippen molar-refractivity contribution < 1.29 is 4.79 Å². The van der Waals surface area contributed by atoms with Crippen LogP contribution in [-0.4, -0.2) is 21.0 Å².